The number of rotatable bonds is 4. The van der Waals surface area contributed by atoms with Crippen molar-refractivity contribution in [3.8, 4) is 0 Å². The predicted octanol–water partition coefficient (Wildman–Crippen LogP) is 1.49. The van der Waals surface area contributed by atoms with Crippen molar-refractivity contribution in [3.63, 3.8) is 0 Å². The lowest BCUT2D eigenvalue weighted by Crippen LogP contribution is -2.21. The molecule has 0 radical (unpaired) electrons. The van der Waals surface area contributed by atoms with Crippen molar-refractivity contribution < 1.29 is 14.6 Å². The van der Waals surface area contributed by atoms with Crippen molar-refractivity contribution >= 4 is 5.97 Å². The van der Waals surface area contributed by atoms with Gasteiger partial charge >= 0.3 is 5.97 Å². The zero-order valence-electron chi connectivity index (χ0n) is 8.16. The van der Waals surface area contributed by atoms with Crippen molar-refractivity contribution in [2.45, 2.75) is 45.1 Å². The third-order valence-electron chi connectivity index (χ3n) is 2.55. The Hall–Kier alpha value is -0.570. The molecule has 1 aliphatic rings. The standard InChI is InChI=1S/C10H18O3/c1-8(6-7-11)10(12)13-9-4-2-3-5-9/h8-9,11H,2-7H2,1H3. The zero-order valence-corrected chi connectivity index (χ0v) is 8.16. The average Bonchev–Trinajstić information content (AvgIpc) is 2.57. The quantitative estimate of drug-likeness (QED) is 0.677. The number of hydrogen-bond donors (Lipinski definition) is 1. The molecule has 76 valence electrons. The van der Waals surface area contributed by atoms with Crippen LogP contribution in [0.5, 0.6) is 0 Å². The number of aliphatic hydroxyl groups excluding tert-OH is 1. The van der Waals surface area contributed by atoms with E-state index in [2.05, 4.69) is 0 Å². The third kappa shape index (κ3) is 3.35. The summed E-state index contributed by atoms with van der Waals surface area (Å²) in [5, 5.41) is 8.64. The van der Waals surface area contributed by atoms with E-state index in [1.165, 1.54) is 12.8 Å². The van der Waals surface area contributed by atoms with E-state index in [9.17, 15) is 4.79 Å². The molecule has 0 heterocycles. The van der Waals surface area contributed by atoms with Crippen LogP contribution in [0, 0.1) is 5.92 Å². The van der Waals surface area contributed by atoms with Crippen molar-refractivity contribution in [1.82, 2.24) is 0 Å². The smallest absolute Gasteiger partial charge is 0.309 e. The van der Waals surface area contributed by atoms with Crippen LogP contribution in [-0.2, 0) is 9.53 Å². The van der Waals surface area contributed by atoms with Gasteiger partial charge in [-0.25, -0.2) is 0 Å². The maximum Gasteiger partial charge on any atom is 0.309 e. The van der Waals surface area contributed by atoms with Crippen molar-refractivity contribution in [1.29, 1.82) is 0 Å². The van der Waals surface area contributed by atoms with Gasteiger partial charge in [0.15, 0.2) is 0 Å². The maximum atomic E-state index is 11.4. The summed E-state index contributed by atoms with van der Waals surface area (Å²) in [6.07, 6.45) is 5.02. The van der Waals surface area contributed by atoms with Crippen LogP contribution in [0.1, 0.15) is 39.0 Å². The van der Waals surface area contributed by atoms with Crippen LogP contribution in [0.15, 0.2) is 0 Å². The Labute approximate surface area is 79.1 Å². The first-order valence-electron chi connectivity index (χ1n) is 5.05. The lowest BCUT2D eigenvalue weighted by Gasteiger charge is -2.14. The highest BCUT2D eigenvalue weighted by molar-refractivity contribution is 5.72. The second-order valence-electron chi connectivity index (χ2n) is 3.76. The van der Waals surface area contributed by atoms with E-state index in [0.717, 1.165) is 12.8 Å². The first kappa shape index (κ1) is 10.5. The van der Waals surface area contributed by atoms with Crippen LogP contribution in [0.2, 0.25) is 0 Å². The van der Waals surface area contributed by atoms with Gasteiger partial charge in [-0.3, -0.25) is 4.79 Å². The fraction of sp³-hybridized carbons (Fsp3) is 0.900. The van der Waals surface area contributed by atoms with Crippen LogP contribution in [0.4, 0.5) is 0 Å². The molecule has 0 amide bonds. The van der Waals surface area contributed by atoms with Gasteiger partial charge in [0.25, 0.3) is 0 Å². The summed E-state index contributed by atoms with van der Waals surface area (Å²) >= 11 is 0. The molecule has 1 saturated carbocycles. The highest BCUT2D eigenvalue weighted by Gasteiger charge is 2.22. The molecule has 0 bridgehead atoms. The molecule has 1 rings (SSSR count). The van der Waals surface area contributed by atoms with E-state index >= 15 is 0 Å². The van der Waals surface area contributed by atoms with Crippen LogP contribution < -0.4 is 0 Å². The molecule has 13 heavy (non-hydrogen) atoms. The summed E-state index contributed by atoms with van der Waals surface area (Å²) in [6, 6.07) is 0. The van der Waals surface area contributed by atoms with Gasteiger partial charge in [0.2, 0.25) is 0 Å². The average molecular weight is 186 g/mol. The molecule has 3 heteroatoms. The minimum atomic E-state index is -0.161. The van der Waals surface area contributed by atoms with E-state index in [0.29, 0.717) is 6.42 Å². The molecule has 1 atom stereocenters. The number of carbonyl (C=O) groups is 1. The minimum absolute atomic E-state index is 0.0565. The van der Waals surface area contributed by atoms with Gasteiger partial charge in [0.05, 0.1) is 5.92 Å². The van der Waals surface area contributed by atoms with E-state index < -0.39 is 0 Å². The van der Waals surface area contributed by atoms with Crippen LogP contribution in [0.3, 0.4) is 0 Å². The summed E-state index contributed by atoms with van der Waals surface area (Å²) in [5.41, 5.74) is 0. The van der Waals surface area contributed by atoms with E-state index in [4.69, 9.17) is 9.84 Å². The van der Waals surface area contributed by atoms with Gasteiger partial charge in [-0.1, -0.05) is 6.92 Å². The number of hydrogen-bond acceptors (Lipinski definition) is 3. The monoisotopic (exact) mass is 186 g/mol. The summed E-state index contributed by atoms with van der Waals surface area (Å²) in [6.45, 7) is 1.86. The van der Waals surface area contributed by atoms with Crippen molar-refractivity contribution in [2.75, 3.05) is 6.61 Å². The number of esters is 1. The van der Waals surface area contributed by atoms with Gasteiger partial charge in [-0.2, -0.15) is 0 Å². The Balaban J connectivity index is 2.22. The predicted molar refractivity (Wildman–Crippen MR) is 49.2 cm³/mol. The second-order valence-corrected chi connectivity index (χ2v) is 3.76. The van der Waals surface area contributed by atoms with E-state index in [1.807, 2.05) is 0 Å². The Morgan fingerprint density at radius 2 is 2.15 bits per heavy atom. The Bertz CT molecular complexity index is 162. The molecular formula is C10H18O3. The number of ether oxygens (including phenoxy) is 1. The lowest BCUT2D eigenvalue weighted by molar-refractivity contribution is -0.153. The third-order valence-corrected chi connectivity index (χ3v) is 2.55. The van der Waals surface area contributed by atoms with Crippen molar-refractivity contribution in [3.05, 3.63) is 0 Å². The normalized spacial score (nSPS) is 20.2. The topological polar surface area (TPSA) is 46.5 Å². The Morgan fingerprint density at radius 3 is 2.69 bits per heavy atom. The van der Waals surface area contributed by atoms with E-state index in [-0.39, 0.29) is 24.6 Å². The van der Waals surface area contributed by atoms with Gasteiger partial charge < -0.3 is 9.84 Å². The van der Waals surface area contributed by atoms with Gasteiger partial charge in [-0.05, 0) is 32.1 Å². The maximum absolute atomic E-state index is 11.4. The Morgan fingerprint density at radius 1 is 1.54 bits per heavy atom. The number of aliphatic hydroxyl groups is 1. The SMILES string of the molecule is CC(CCO)C(=O)OC1CCCC1. The van der Waals surface area contributed by atoms with Crippen molar-refractivity contribution in [2.24, 2.45) is 5.92 Å². The molecule has 0 saturated heterocycles. The molecule has 1 fully saturated rings. The molecule has 0 spiro atoms. The molecule has 1 N–H and O–H groups in total. The second kappa shape index (κ2) is 5.22. The Kier molecular flexibility index (Phi) is 4.22. The van der Waals surface area contributed by atoms with Crippen LogP contribution in [-0.4, -0.2) is 23.8 Å². The van der Waals surface area contributed by atoms with Gasteiger partial charge in [0, 0.05) is 6.61 Å². The fourth-order valence-electron chi connectivity index (χ4n) is 1.60. The molecule has 1 unspecified atom stereocenters. The van der Waals surface area contributed by atoms with Crippen LogP contribution in [0.25, 0.3) is 0 Å². The minimum Gasteiger partial charge on any atom is -0.462 e. The van der Waals surface area contributed by atoms with Gasteiger partial charge in [-0.15, -0.1) is 0 Å². The largest absolute Gasteiger partial charge is 0.462 e. The molecule has 0 aromatic carbocycles. The lowest BCUT2D eigenvalue weighted by atomic mass is 10.1. The highest BCUT2D eigenvalue weighted by Crippen LogP contribution is 2.22. The number of carbonyl (C=O) groups excluding carboxylic acids is 1. The molecular weight excluding hydrogens is 168 g/mol. The first-order valence-corrected chi connectivity index (χ1v) is 5.05. The molecule has 1 aliphatic carbocycles. The summed E-state index contributed by atoms with van der Waals surface area (Å²) < 4.78 is 5.28. The fourth-order valence-corrected chi connectivity index (χ4v) is 1.60. The summed E-state index contributed by atoms with van der Waals surface area (Å²) in [5.74, 6) is -0.313. The summed E-state index contributed by atoms with van der Waals surface area (Å²) in [4.78, 5) is 11.4. The van der Waals surface area contributed by atoms with E-state index in [1.54, 1.807) is 6.92 Å². The highest BCUT2D eigenvalue weighted by atomic mass is 16.5. The summed E-state index contributed by atoms with van der Waals surface area (Å²) in [7, 11) is 0. The molecule has 0 aliphatic heterocycles. The molecule has 0 aromatic rings. The van der Waals surface area contributed by atoms with Gasteiger partial charge in [0.1, 0.15) is 6.10 Å². The first-order chi connectivity index (χ1) is 6.24. The molecule has 0 aromatic heterocycles. The van der Waals surface area contributed by atoms with Crippen LogP contribution >= 0.6 is 0 Å². The zero-order chi connectivity index (χ0) is 9.68. The molecule has 3 nitrogen and oxygen atoms in total.